The van der Waals surface area contributed by atoms with Gasteiger partial charge in [0.2, 0.25) is 5.91 Å². The second-order valence-corrected chi connectivity index (χ2v) is 7.39. The van der Waals surface area contributed by atoms with E-state index in [2.05, 4.69) is 10.0 Å². The molecule has 0 heterocycles. The predicted octanol–water partition coefficient (Wildman–Crippen LogP) is 3.61. The smallest absolute Gasteiger partial charge is 0.262 e. The van der Waals surface area contributed by atoms with E-state index in [0.717, 1.165) is 10.8 Å². The number of rotatable bonds is 5. The molecule has 0 atom stereocenters. The zero-order valence-corrected chi connectivity index (χ0v) is 15.1. The van der Waals surface area contributed by atoms with Crippen LogP contribution in [0, 0.1) is 0 Å². The zero-order chi connectivity index (χ0) is 18.7. The summed E-state index contributed by atoms with van der Waals surface area (Å²) in [6.07, 6.45) is 0. The molecule has 3 rings (SSSR count). The van der Waals surface area contributed by atoms with Crippen LogP contribution in [0.2, 0.25) is 0 Å². The third-order valence-electron chi connectivity index (χ3n) is 3.80. The first-order valence-electron chi connectivity index (χ1n) is 7.86. The highest BCUT2D eigenvalue weighted by Gasteiger charge is 2.17. The van der Waals surface area contributed by atoms with Gasteiger partial charge in [-0.05, 0) is 35.0 Å². The summed E-state index contributed by atoms with van der Waals surface area (Å²) >= 11 is 0. The lowest BCUT2D eigenvalue weighted by Gasteiger charge is -2.13. The second-order valence-electron chi connectivity index (χ2n) is 5.71. The molecule has 3 aromatic rings. The monoisotopic (exact) mass is 370 g/mol. The van der Waals surface area contributed by atoms with E-state index in [-0.39, 0.29) is 16.6 Å². The average molecular weight is 370 g/mol. The number of benzene rings is 3. The van der Waals surface area contributed by atoms with Gasteiger partial charge in [0, 0.05) is 18.7 Å². The van der Waals surface area contributed by atoms with Crippen LogP contribution < -0.4 is 14.8 Å². The molecule has 0 radical (unpaired) electrons. The quantitative estimate of drug-likeness (QED) is 0.719. The van der Waals surface area contributed by atoms with Crippen LogP contribution in [0.1, 0.15) is 6.92 Å². The summed E-state index contributed by atoms with van der Waals surface area (Å²) in [7, 11) is -2.39. The van der Waals surface area contributed by atoms with E-state index >= 15 is 0 Å². The van der Waals surface area contributed by atoms with Crippen molar-refractivity contribution in [3.63, 3.8) is 0 Å². The third-order valence-corrected chi connectivity index (χ3v) is 5.17. The summed E-state index contributed by atoms with van der Waals surface area (Å²) in [6, 6.07) is 17.3. The van der Waals surface area contributed by atoms with Crippen LogP contribution in [0.4, 0.5) is 11.4 Å². The van der Waals surface area contributed by atoms with Crippen LogP contribution in [0.25, 0.3) is 10.8 Å². The van der Waals surface area contributed by atoms with Crippen LogP contribution in [0.3, 0.4) is 0 Å². The van der Waals surface area contributed by atoms with Crippen molar-refractivity contribution in [3.05, 3.63) is 60.7 Å². The molecule has 0 unspecified atom stereocenters. The van der Waals surface area contributed by atoms with Gasteiger partial charge in [0.15, 0.2) is 0 Å². The van der Waals surface area contributed by atoms with E-state index in [1.165, 1.54) is 32.2 Å². The fraction of sp³-hybridized carbons (Fsp3) is 0.105. The van der Waals surface area contributed by atoms with Crippen molar-refractivity contribution in [2.75, 3.05) is 17.1 Å². The van der Waals surface area contributed by atoms with E-state index in [0.29, 0.717) is 11.4 Å². The molecule has 0 saturated carbocycles. The number of hydrogen-bond acceptors (Lipinski definition) is 4. The summed E-state index contributed by atoms with van der Waals surface area (Å²) < 4.78 is 33.1. The molecular formula is C19H18N2O4S. The molecule has 0 aliphatic heterocycles. The Bertz CT molecular complexity index is 1080. The van der Waals surface area contributed by atoms with Gasteiger partial charge in [0.25, 0.3) is 10.0 Å². The number of carbonyl (C=O) groups is 1. The molecule has 1 amide bonds. The van der Waals surface area contributed by atoms with Crippen LogP contribution in [-0.4, -0.2) is 21.4 Å². The van der Waals surface area contributed by atoms with Gasteiger partial charge in [-0.1, -0.05) is 30.3 Å². The Morgan fingerprint density at radius 1 is 0.962 bits per heavy atom. The summed E-state index contributed by atoms with van der Waals surface area (Å²) in [6.45, 7) is 1.37. The van der Waals surface area contributed by atoms with Crippen LogP contribution in [0.15, 0.2) is 65.6 Å². The Hall–Kier alpha value is -3.06. The first-order chi connectivity index (χ1) is 12.4. The fourth-order valence-electron chi connectivity index (χ4n) is 2.60. The minimum absolute atomic E-state index is 0.0385. The Kier molecular flexibility index (Phi) is 4.81. The van der Waals surface area contributed by atoms with Gasteiger partial charge in [-0.15, -0.1) is 0 Å². The highest BCUT2D eigenvalue weighted by atomic mass is 32.2. The van der Waals surface area contributed by atoms with Gasteiger partial charge in [-0.2, -0.15) is 0 Å². The average Bonchev–Trinajstić information content (AvgIpc) is 2.61. The summed E-state index contributed by atoms with van der Waals surface area (Å²) in [5.74, 6) is -0.00483. The molecule has 0 saturated heterocycles. The third kappa shape index (κ3) is 3.78. The van der Waals surface area contributed by atoms with Crippen molar-refractivity contribution in [2.45, 2.75) is 11.8 Å². The van der Waals surface area contributed by atoms with Crippen molar-refractivity contribution in [1.29, 1.82) is 0 Å². The number of carbonyl (C=O) groups excluding carboxylic acids is 1. The van der Waals surface area contributed by atoms with E-state index in [1.54, 1.807) is 12.1 Å². The van der Waals surface area contributed by atoms with Gasteiger partial charge in [-0.25, -0.2) is 8.42 Å². The molecule has 134 valence electrons. The maximum Gasteiger partial charge on any atom is 0.262 e. The van der Waals surface area contributed by atoms with Crippen molar-refractivity contribution in [2.24, 2.45) is 0 Å². The molecule has 0 aliphatic carbocycles. The Balaban J connectivity index is 1.92. The van der Waals surface area contributed by atoms with Crippen molar-refractivity contribution < 1.29 is 17.9 Å². The minimum Gasteiger partial charge on any atom is -0.495 e. The lowest BCUT2D eigenvalue weighted by atomic mass is 10.1. The van der Waals surface area contributed by atoms with E-state index < -0.39 is 10.0 Å². The lowest BCUT2D eigenvalue weighted by Crippen LogP contribution is -2.14. The molecule has 3 aromatic carbocycles. The largest absolute Gasteiger partial charge is 0.495 e. The van der Waals surface area contributed by atoms with Crippen LogP contribution in [-0.2, 0) is 14.8 Å². The Morgan fingerprint density at radius 2 is 1.69 bits per heavy atom. The molecule has 7 heteroatoms. The van der Waals surface area contributed by atoms with Gasteiger partial charge in [-0.3, -0.25) is 9.52 Å². The number of hydrogen-bond donors (Lipinski definition) is 2. The number of anilines is 2. The molecule has 2 N–H and O–H groups in total. The second kappa shape index (κ2) is 7.05. The number of sulfonamides is 1. The molecule has 0 spiro atoms. The number of ether oxygens (including phenoxy) is 1. The number of methoxy groups -OCH3 is 1. The number of nitrogens with one attached hydrogen (secondary N) is 2. The van der Waals surface area contributed by atoms with Crippen LogP contribution >= 0.6 is 0 Å². The van der Waals surface area contributed by atoms with Crippen molar-refractivity contribution >= 4 is 38.1 Å². The van der Waals surface area contributed by atoms with Gasteiger partial charge in [0.05, 0.1) is 17.7 Å². The molecule has 0 bridgehead atoms. The molecule has 6 nitrogen and oxygen atoms in total. The first-order valence-corrected chi connectivity index (χ1v) is 9.34. The predicted molar refractivity (Wildman–Crippen MR) is 102 cm³/mol. The molecule has 0 fully saturated rings. The van der Waals surface area contributed by atoms with Crippen LogP contribution in [0.5, 0.6) is 5.75 Å². The summed E-state index contributed by atoms with van der Waals surface area (Å²) in [5, 5.41) is 4.55. The topological polar surface area (TPSA) is 84.5 Å². The van der Waals surface area contributed by atoms with Gasteiger partial charge in [0.1, 0.15) is 5.75 Å². The fourth-order valence-corrected chi connectivity index (χ4v) is 3.66. The SMILES string of the molecule is COc1cc(S(=O)(=O)Nc2ccc3ccccc3c2)ccc1NC(C)=O. The molecular weight excluding hydrogens is 352 g/mol. The minimum atomic E-state index is -3.80. The first kappa shape index (κ1) is 17.8. The van der Waals surface area contributed by atoms with E-state index in [4.69, 9.17) is 4.74 Å². The zero-order valence-electron chi connectivity index (χ0n) is 14.3. The highest BCUT2D eigenvalue weighted by molar-refractivity contribution is 7.92. The lowest BCUT2D eigenvalue weighted by molar-refractivity contribution is -0.114. The van der Waals surface area contributed by atoms with E-state index in [1.807, 2.05) is 30.3 Å². The van der Waals surface area contributed by atoms with Crippen molar-refractivity contribution in [3.8, 4) is 5.75 Å². The molecule has 26 heavy (non-hydrogen) atoms. The Morgan fingerprint density at radius 3 is 2.38 bits per heavy atom. The number of amides is 1. The maximum absolute atomic E-state index is 12.7. The van der Waals surface area contributed by atoms with Crippen molar-refractivity contribution in [1.82, 2.24) is 0 Å². The van der Waals surface area contributed by atoms with Gasteiger partial charge >= 0.3 is 0 Å². The Labute approximate surface area is 151 Å². The van der Waals surface area contributed by atoms with E-state index in [9.17, 15) is 13.2 Å². The molecule has 0 aliphatic rings. The summed E-state index contributed by atoms with van der Waals surface area (Å²) in [4.78, 5) is 11.3. The highest BCUT2D eigenvalue weighted by Crippen LogP contribution is 2.29. The number of fused-ring (bicyclic) bond motifs is 1. The summed E-state index contributed by atoms with van der Waals surface area (Å²) in [5.41, 5.74) is 0.873. The molecule has 0 aromatic heterocycles. The standard InChI is InChI=1S/C19H18N2O4S/c1-13(22)20-18-10-9-17(12-19(18)25-2)26(23,24)21-16-8-7-14-5-3-4-6-15(14)11-16/h3-12,21H,1-2H3,(H,20,22). The maximum atomic E-state index is 12.7. The normalized spacial score (nSPS) is 11.2. The van der Waals surface area contributed by atoms with Gasteiger partial charge < -0.3 is 10.1 Å².